The Balaban J connectivity index is 2.63. The van der Waals surface area contributed by atoms with Crippen LogP contribution in [0.4, 0.5) is 5.95 Å². The van der Waals surface area contributed by atoms with Gasteiger partial charge in [0.25, 0.3) is 0 Å². The van der Waals surface area contributed by atoms with Gasteiger partial charge in [0, 0.05) is 18.3 Å². The predicted molar refractivity (Wildman–Crippen MR) is 70.4 cm³/mol. The molecule has 17 heavy (non-hydrogen) atoms. The van der Waals surface area contributed by atoms with Crippen molar-refractivity contribution in [2.45, 2.75) is 46.6 Å². The van der Waals surface area contributed by atoms with E-state index in [1.807, 2.05) is 6.92 Å². The van der Waals surface area contributed by atoms with Crippen LogP contribution in [0.5, 0.6) is 5.88 Å². The van der Waals surface area contributed by atoms with E-state index in [-0.39, 0.29) is 0 Å². The summed E-state index contributed by atoms with van der Waals surface area (Å²) >= 11 is 0. The third-order valence-corrected chi connectivity index (χ3v) is 3.03. The van der Waals surface area contributed by atoms with E-state index in [4.69, 9.17) is 4.74 Å². The Labute approximate surface area is 104 Å². The van der Waals surface area contributed by atoms with E-state index in [0.717, 1.165) is 12.8 Å². The van der Waals surface area contributed by atoms with E-state index in [0.29, 0.717) is 30.4 Å². The summed E-state index contributed by atoms with van der Waals surface area (Å²) in [6, 6.07) is 2.15. The summed E-state index contributed by atoms with van der Waals surface area (Å²) in [6.07, 6.45) is 4.05. The van der Waals surface area contributed by atoms with E-state index < -0.39 is 0 Å². The van der Waals surface area contributed by atoms with Gasteiger partial charge in [-0.15, -0.1) is 0 Å². The molecule has 0 radical (unpaired) electrons. The lowest BCUT2D eigenvalue weighted by Gasteiger charge is -2.22. The molecule has 4 heteroatoms. The smallest absolute Gasteiger partial charge is 0.226 e. The van der Waals surface area contributed by atoms with Gasteiger partial charge in [0.1, 0.15) is 0 Å². The van der Waals surface area contributed by atoms with E-state index in [9.17, 15) is 0 Å². The Kier molecular flexibility index (Phi) is 5.73. The maximum Gasteiger partial charge on any atom is 0.226 e. The van der Waals surface area contributed by atoms with Crippen molar-refractivity contribution in [3.63, 3.8) is 0 Å². The summed E-state index contributed by atoms with van der Waals surface area (Å²) in [5, 5.41) is 3.34. The van der Waals surface area contributed by atoms with Crippen LogP contribution in [-0.2, 0) is 0 Å². The van der Waals surface area contributed by atoms with Crippen molar-refractivity contribution < 1.29 is 4.74 Å². The summed E-state index contributed by atoms with van der Waals surface area (Å²) in [5.74, 6) is 1.92. The minimum absolute atomic E-state index is 0.377. The van der Waals surface area contributed by atoms with Crippen LogP contribution in [0.2, 0.25) is 0 Å². The van der Waals surface area contributed by atoms with E-state index in [2.05, 4.69) is 36.1 Å². The second-order valence-electron chi connectivity index (χ2n) is 4.16. The van der Waals surface area contributed by atoms with Gasteiger partial charge in [-0.2, -0.15) is 4.98 Å². The molecule has 0 spiro atoms. The molecule has 4 nitrogen and oxygen atoms in total. The van der Waals surface area contributed by atoms with Crippen molar-refractivity contribution in [3.05, 3.63) is 12.3 Å². The second kappa shape index (κ2) is 7.09. The SMILES string of the molecule is CCOc1ccnc(NC(C)C(CC)CC)n1. The van der Waals surface area contributed by atoms with Gasteiger partial charge in [0.05, 0.1) is 6.61 Å². The molecule has 0 aliphatic rings. The fourth-order valence-electron chi connectivity index (χ4n) is 1.96. The fourth-order valence-corrected chi connectivity index (χ4v) is 1.96. The highest BCUT2D eigenvalue weighted by atomic mass is 16.5. The highest BCUT2D eigenvalue weighted by Gasteiger charge is 2.14. The molecule has 1 atom stereocenters. The number of ether oxygens (including phenoxy) is 1. The standard InChI is InChI=1S/C13H23N3O/c1-5-11(6-2)10(4)15-13-14-9-8-12(16-13)17-7-3/h8-11H,5-7H2,1-4H3,(H,14,15,16). The molecule has 0 amide bonds. The monoisotopic (exact) mass is 237 g/mol. The maximum absolute atomic E-state index is 5.35. The topological polar surface area (TPSA) is 47.0 Å². The van der Waals surface area contributed by atoms with Crippen LogP contribution in [0.25, 0.3) is 0 Å². The zero-order valence-corrected chi connectivity index (χ0v) is 11.2. The number of nitrogens with zero attached hydrogens (tertiary/aromatic N) is 2. The third-order valence-electron chi connectivity index (χ3n) is 3.03. The molecule has 0 aromatic carbocycles. The Morgan fingerprint density at radius 1 is 1.29 bits per heavy atom. The Morgan fingerprint density at radius 2 is 2.00 bits per heavy atom. The van der Waals surface area contributed by atoms with E-state index >= 15 is 0 Å². The van der Waals surface area contributed by atoms with Crippen molar-refractivity contribution in [1.29, 1.82) is 0 Å². The van der Waals surface area contributed by atoms with Crippen molar-refractivity contribution in [2.24, 2.45) is 5.92 Å². The van der Waals surface area contributed by atoms with Crippen LogP contribution in [0, 0.1) is 5.92 Å². The summed E-state index contributed by atoms with van der Waals surface area (Å²) < 4.78 is 5.35. The average Bonchev–Trinajstić information content (AvgIpc) is 2.31. The minimum atomic E-state index is 0.377. The highest BCUT2D eigenvalue weighted by Crippen LogP contribution is 2.17. The van der Waals surface area contributed by atoms with Crippen molar-refractivity contribution >= 4 is 5.95 Å². The zero-order chi connectivity index (χ0) is 12.7. The van der Waals surface area contributed by atoms with E-state index in [1.165, 1.54) is 0 Å². The molecule has 0 saturated carbocycles. The van der Waals surface area contributed by atoms with Gasteiger partial charge in [-0.25, -0.2) is 4.98 Å². The van der Waals surface area contributed by atoms with Crippen molar-refractivity contribution in [1.82, 2.24) is 9.97 Å². The van der Waals surface area contributed by atoms with Gasteiger partial charge >= 0.3 is 0 Å². The Bertz CT molecular complexity index is 326. The van der Waals surface area contributed by atoms with Crippen molar-refractivity contribution in [2.75, 3.05) is 11.9 Å². The molecule has 1 aromatic heterocycles. The first kappa shape index (κ1) is 13.7. The molecule has 1 N–H and O–H groups in total. The lowest BCUT2D eigenvalue weighted by atomic mass is 9.96. The van der Waals surface area contributed by atoms with Gasteiger partial charge in [-0.1, -0.05) is 26.7 Å². The minimum Gasteiger partial charge on any atom is -0.478 e. The highest BCUT2D eigenvalue weighted by molar-refractivity contribution is 5.28. The van der Waals surface area contributed by atoms with Gasteiger partial charge in [0.2, 0.25) is 11.8 Å². The van der Waals surface area contributed by atoms with Crippen LogP contribution in [0.15, 0.2) is 12.3 Å². The molecular formula is C13H23N3O. The molecule has 1 unspecified atom stereocenters. The van der Waals surface area contributed by atoms with Gasteiger partial charge in [-0.3, -0.25) is 0 Å². The maximum atomic E-state index is 5.35. The van der Waals surface area contributed by atoms with Crippen LogP contribution in [0.3, 0.4) is 0 Å². The molecule has 1 rings (SSSR count). The molecule has 0 saturated heterocycles. The molecule has 1 aromatic rings. The number of anilines is 1. The van der Waals surface area contributed by atoms with Crippen LogP contribution >= 0.6 is 0 Å². The molecule has 0 fully saturated rings. The van der Waals surface area contributed by atoms with Crippen LogP contribution in [0.1, 0.15) is 40.5 Å². The summed E-state index contributed by atoms with van der Waals surface area (Å²) in [6.45, 7) is 9.17. The Morgan fingerprint density at radius 3 is 2.59 bits per heavy atom. The lowest BCUT2D eigenvalue weighted by molar-refractivity contribution is 0.326. The van der Waals surface area contributed by atoms with Gasteiger partial charge < -0.3 is 10.1 Å². The molecular weight excluding hydrogens is 214 g/mol. The molecule has 0 aliphatic heterocycles. The largest absolute Gasteiger partial charge is 0.478 e. The summed E-state index contributed by atoms with van der Waals surface area (Å²) in [4.78, 5) is 8.52. The number of hydrogen-bond donors (Lipinski definition) is 1. The predicted octanol–water partition coefficient (Wildman–Crippen LogP) is 3.11. The number of aromatic nitrogens is 2. The van der Waals surface area contributed by atoms with Crippen LogP contribution < -0.4 is 10.1 Å². The van der Waals surface area contributed by atoms with Crippen LogP contribution in [-0.4, -0.2) is 22.6 Å². The van der Waals surface area contributed by atoms with Crippen molar-refractivity contribution in [3.8, 4) is 5.88 Å². The lowest BCUT2D eigenvalue weighted by Crippen LogP contribution is -2.26. The first-order valence-corrected chi connectivity index (χ1v) is 6.43. The molecule has 96 valence electrons. The fraction of sp³-hybridized carbons (Fsp3) is 0.692. The Hall–Kier alpha value is -1.32. The first-order chi connectivity index (χ1) is 8.21. The van der Waals surface area contributed by atoms with Gasteiger partial charge in [0.15, 0.2) is 0 Å². The van der Waals surface area contributed by atoms with Gasteiger partial charge in [-0.05, 0) is 19.8 Å². The number of nitrogens with one attached hydrogen (secondary N) is 1. The third kappa shape index (κ3) is 4.21. The molecule has 0 aliphatic carbocycles. The summed E-state index contributed by atoms with van der Waals surface area (Å²) in [7, 11) is 0. The average molecular weight is 237 g/mol. The number of hydrogen-bond acceptors (Lipinski definition) is 4. The molecule has 1 heterocycles. The first-order valence-electron chi connectivity index (χ1n) is 6.43. The molecule has 0 bridgehead atoms. The summed E-state index contributed by atoms with van der Waals surface area (Å²) in [5.41, 5.74) is 0. The normalized spacial score (nSPS) is 12.5. The quantitative estimate of drug-likeness (QED) is 0.791. The zero-order valence-electron chi connectivity index (χ0n) is 11.2. The van der Waals surface area contributed by atoms with E-state index in [1.54, 1.807) is 12.3 Å². The second-order valence-corrected chi connectivity index (χ2v) is 4.16. The number of rotatable bonds is 7.